The number of hydrogen-bond donors (Lipinski definition) is 2. The van der Waals surface area contributed by atoms with Crippen molar-refractivity contribution in [2.24, 2.45) is 0 Å². The van der Waals surface area contributed by atoms with Gasteiger partial charge in [-0.25, -0.2) is 4.79 Å². The monoisotopic (exact) mass is 381 g/mol. The summed E-state index contributed by atoms with van der Waals surface area (Å²) in [5, 5.41) is 5.47. The Morgan fingerprint density at radius 3 is 2.50 bits per heavy atom. The fourth-order valence-corrected chi connectivity index (χ4v) is 3.42. The zero-order valence-electron chi connectivity index (χ0n) is 16.1. The molecule has 28 heavy (non-hydrogen) atoms. The molecular formula is C21H23N3O4. The van der Waals surface area contributed by atoms with Gasteiger partial charge in [-0.15, -0.1) is 0 Å². The number of ether oxygens (including phenoxy) is 1. The van der Waals surface area contributed by atoms with Gasteiger partial charge >= 0.3 is 6.03 Å². The number of imide groups is 1. The van der Waals surface area contributed by atoms with Gasteiger partial charge in [-0.3, -0.25) is 14.5 Å². The molecule has 1 aliphatic heterocycles. The summed E-state index contributed by atoms with van der Waals surface area (Å²) in [6, 6.07) is 13.7. The van der Waals surface area contributed by atoms with Gasteiger partial charge in [-0.1, -0.05) is 31.2 Å². The van der Waals surface area contributed by atoms with Gasteiger partial charge in [0.2, 0.25) is 5.91 Å². The minimum atomic E-state index is -1.19. The number of urea groups is 1. The molecule has 0 radical (unpaired) electrons. The van der Waals surface area contributed by atoms with Gasteiger partial charge in [0.05, 0.1) is 7.11 Å². The molecule has 7 heteroatoms. The molecule has 1 saturated heterocycles. The average molecular weight is 381 g/mol. The Hall–Kier alpha value is -3.35. The molecule has 1 aliphatic rings. The first-order chi connectivity index (χ1) is 13.4. The highest BCUT2D eigenvalue weighted by atomic mass is 16.5. The third kappa shape index (κ3) is 3.43. The normalized spacial score (nSPS) is 18.8. The number of aryl methyl sites for hydroxylation is 1. The zero-order valence-corrected chi connectivity index (χ0v) is 16.1. The first-order valence-electron chi connectivity index (χ1n) is 9.05. The SMILES string of the molecule is CCC1(c2ccc(OC)c(C)c2)NC(=O)N(CC(=O)Nc2ccccc2)C1=O. The molecule has 2 aromatic rings. The van der Waals surface area contributed by atoms with Gasteiger partial charge in [0.1, 0.15) is 17.8 Å². The summed E-state index contributed by atoms with van der Waals surface area (Å²) in [6.45, 7) is 3.35. The van der Waals surface area contributed by atoms with Crippen LogP contribution in [0.15, 0.2) is 48.5 Å². The lowest BCUT2D eigenvalue weighted by Crippen LogP contribution is -2.44. The minimum absolute atomic E-state index is 0.351. The Balaban J connectivity index is 1.82. The second kappa shape index (κ2) is 7.72. The van der Waals surface area contributed by atoms with E-state index in [0.717, 1.165) is 10.5 Å². The van der Waals surface area contributed by atoms with E-state index in [-0.39, 0.29) is 6.54 Å². The van der Waals surface area contributed by atoms with E-state index in [2.05, 4.69) is 10.6 Å². The van der Waals surface area contributed by atoms with Crippen LogP contribution in [0, 0.1) is 6.92 Å². The molecule has 3 rings (SSSR count). The number of methoxy groups -OCH3 is 1. The predicted molar refractivity (Wildman–Crippen MR) is 105 cm³/mol. The molecule has 0 bridgehead atoms. The van der Waals surface area contributed by atoms with Crippen molar-refractivity contribution in [2.75, 3.05) is 19.0 Å². The van der Waals surface area contributed by atoms with Crippen LogP contribution in [0.1, 0.15) is 24.5 Å². The smallest absolute Gasteiger partial charge is 0.325 e. The van der Waals surface area contributed by atoms with Crippen LogP contribution >= 0.6 is 0 Å². The second-order valence-electron chi connectivity index (χ2n) is 6.68. The zero-order chi connectivity index (χ0) is 20.3. The summed E-state index contributed by atoms with van der Waals surface area (Å²) in [6.07, 6.45) is 0.361. The van der Waals surface area contributed by atoms with Crippen molar-refractivity contribution in [3.63, 3.8) is 0 Å². The van der Waals surface area contributed by atoms with E-state index in [1.165, 1.54) is 0 Å². The highest BCUT2D eigenvalue weighted by Crippen LogP contribution is 2.34. The molecule has 1 unspecified atom stereocenters. The molecule has 0 saturated carbocycles. The molecule has 7 nitrogen and oxygen atoms in total. The first kappa shape index (κ1) is 19.4. The molecule has 2 N–H and O–H groups in total. The molecule has 0 aliphatic carbocycles. The van der Waals surface area contributed by atoms with Crippen molar-refractivity contribution < 1.29 is 19.1 Å². The molecule has 1 atom stereocenters. The Morgan fingerprint density at radius 1 is 1.18 bits per heavy atom. The van der Waals surface area contributed by atoms with Gasteiger partial charge in [-0.2, -0.15) is 0 Å². The van der Waals surface area contributed by atoms with E-state index >= 15 is 0 Å². The van der Waals surface area contributed by atoms with Crippen LogP contribution in [-0.2, 0) is 15.1 Å². The lowest BCUT2D eigenvalue weighted by Gasteiger charge is -2.26. The topological polar surface area (TPSA) is 87.7 Å². The summed E-state index contributed by atoms with van der Waals surface area (Å²) in [5.41, 5.74) is 0.932. The van der Waals surface area contributed by atoms with Gasteiger partial charge in [-0.05, 0) is 48.7 Å². The van der Waals surface area contributed by atoms with E-state index in [4.69, 9.17) is 4.74 Å². The van der Waals surface area contributed by atoms with E-state index in [0.29, 0.717) is 23.4 Å². The molecular weight excluding hydrogens is 358 g/mol. The standard InChI is InChI=1S/C21H23N3O4/c1-4-21(15-10-11-17(28-3)14(2)12-15)19(26)24(20(27)23-21)13-18(25)22-16-8-6-5-7-9-16/h5-12H,4,13H2,1-3H3,(H,22,25)(H,23,27). The fourth-order valence-electron chi connectivity index (χ4n) is 3.42. The number of anilines is 1. The largest absolute Gasteiger partial charge is 0.496 e. The number of nitrogens with one attached hydrogen (secondary N) is 2. The number of benzene rings is 2. The number of nitrogens with zero attached hydrogens (tertiary/aromatic N) is 1. The predicted octanol–water partition coefficient (Wildman–Crippen LogP) is 2.80. The third-order valence-corrected chi connectivity index (χ3v) is 4.95. The van der Waals surface area contributed by atoms with Crippen molar-refractivity contribution in [1.82, 2.24) is 10.2 Å². The molecule has 146 valence electrons. The van der Waals surface area contributed by atoms with Crippen molar-refractivity contribution >= 4 is 23.5 Å². The molecule has 0 aromatic heterocycles. The first-order valence-corrected chi connectivity index (χ1v) is 9.05. The van der Waals surface area contributed by atoms with Gasteiger partial charge in [0.25, 0.3) is 5.91 Å². The van der Waals surface area contributed by atoms with Crippen LogP contribution in [-0.4, -0.2) is 36.4 Å². The number of carbonyl (C=O) groups is 3. The maximum atomic E-state index is 13.2. The van der Waals surface area contributed by atoms with Crippen LogP contribution in [0.3, 0.4) is 0 Å². The Labute approximate surface area is 163 Å². The lowest BCUT2D eigenvalue weighted by molar-refractivity contribution is -0.134. The third-order valence-electron chi connectivity index (χ3n) is 4.95. The van der Waals surface area contributed by atoms with Crippen molar-refractivity contribution in [2.45, 2.75) is 25.8 Å². The van der Waals surface area contributed by atoms with E-state index < -0.39 is 23.4 Å². The summed E-state index contributed by atoms with van der Waals surface area (Å²) in [5.74, 6) is -0.175. The van der Waals surface area contributed by atoms with Crippen LogP contribution in [0.4, 0.5) is 10.5 Å². The highest BCUT2D eigenvalue weighted by Gasteiger charge is 2.51. The van der Waals surface area contributed by atoms with Crippen LogP contribution in [0.25, 0.3) is 0 Å². The number of para-hydroxylation sites is 1. The summed E-state index contributed by atoms with van der Waals surface area (Å²) in [4.78, 5) is 39.0. The van der Waals surface area contributed by atoms with Gasteiger partial charge < -0.3 is 15.4 Å². The fraction of sp³-hybridized carbons (Fsp3) is 0.286. The summed E-state index contributed by atoms with van der Waals surface area (Å²) < 4.78 is 5.27. The lowest BCUT2D eigenvalue weighted by atomic mass is 9.86. The van der Waals surface area contributed by atoms with E-state index in [1.54, 1.807) is 43.5 Å². The maximum absolute atomic E-state index is 13.2. The van der Waals surface area contributed by atoms with Crippen molar-refractivity contribution in [3.8, 4) is 5.75 Å². The quantitative estimate of drug-likeness (QED) is 0.753. The van der Waals surface area contributed by atoms with Crippen LogP contribution in [0.2, 0.25) is 0 Å². The molecule has 4 amide bonds. The van der Waals surface area contributed by atoms with Gasteiger partial charge in [0, 0.05) is 5.69 Å². The highest BCUT2D eigenvalue weighted by molar-refractivity contribution is 6.10. The van der Waals surface area contributed by atoms with Crippen molar-refractivity contribution in [1.29, 1.82) is 0 Å². The minimum Gasteiger partial charge on any atom is -0.496 e. The summed E-state index contributed by atoms with van der Waals surface area (Å²) >= 11 is 0. The Kier molecular flexibility index (Phi) is 5.35. The van der Waals surface area contributed by atoms with E-state index in [9.17, 15) is 14.4 Å². The summed E-state index contributed by atoms with van der Waals surface area (Å²) in [7, 11) is 1.58. The van der Waals surface area contributed by atoms with Crippen LogP contribution < -0.4 is 15.4 Å². The average Bonchev–Trinajstić information content (AvgIpc) is 2.93. The van der Waals surface area contributed by atoms with Gasteiger partial charge in [0.15, 0.2) is 0 Å². The number of amides is 4. The second-order valence-corrected chi connectivity index (χ2v) is 6.68. The molecule has 2 aromatic carbocycles. The number of carbonyl (C=O) groups excluding carboxylic acids is 3. The van der Waals surface area contributed by atoms with Crippen LogP contribution in [0.5, 0.6) is 5.75 Å². The molecule has 1 fully saturated rings. The Bertz CT molecular complexity index is 913. The number of rotatable bonds is 6. The molecule has 1 heterocycles. The molecule has 0 spiro atoms. The number of hydrogen-bond acceptors (Lipinski definition) is 4. The Morgan fingerprint density at radius 2 is 1.89 bits per heavy atom. The van der Waals surface area contributed by atoms with Crippen molar-refractivity contribution in [3.05, 3.63) is 59.7 Å². The maximum Gasteiger partial charge on any atom is 0.325 e. The van der Waals surface area contributed by atoms with E-state index in [1.807, 2.05) is 26.0 Å².